The molecule has 174 valence electrons. The van der Waals surface area contributed by atoms with Gasteiger partial charge in [0.05, 0.1) is 17.4 Å². The molecule has 35 heavy (non-hydrogen) atoms. The number of hydrogen-bond donors (Lipinski definition) is 3. The molecular weight excluding hydrogens is 454 g/mol. The number of amides is 2. The van der Waals surface area contributed by atoms with Crippen molar-refractivity contribution in [2.24, 2.45) is 0 Å². The Hall–Kier alpha value is -5.06. The third kappa shape index (κ3) is 4.29. The predicted octanol–water partition coefficient (Wildman–Crippen LogP) is 3.78. The minimum Gasteiger partial charge on any atom is -0.478 e. The lowest BCUT2D eigenvalue weighted by Crippen LogP contribution is -2.21. The number of pyridine rings is 1. The summed E-state index contributed by atoms with van der Waals surface area (Å²) >= 11 is 0. The number of hydrogen-bond acceptors (Lipinski definition) is 8. The number of carbonyl (C=O) groups excluding carboxylic acids is 2. The minimum atomic E-state index is -1.20. The normalized spacial score (nSPS) is 11.9. The van der Waals surface area contributed by atoms with Crippen molar-refractivity contribution in [3.8, 4) is 11.1 Å². The van der Waals surface area contributed by atoms with Gasteiger partial charge in [0.25, 0.3) is 5.91 Å². The minimum absolute atomic E-state index is 0.0698. The molecule has 2 aromatic carbocycles. The molecule has 0 spiro atoms. The maximum absolute atomic E-state index is 12.6. The molecule has 1 aliphatic carbocycles. The Morgan fingerprint density at radius 1 is 0.943 bits per heavy atom. The van der Waals surface area contributed by atoms with Gasteiger partial charge in [0, 0.05) is 12.1 Å². The van der Waals surface area contributed by atoms with Crippen molar-refractivity contribution in [2.45, 2.75) is 5.92 Å². The number of anilines is 2. The Balaban J connectivity index is 1.25. The van der Waals surface area contributed by atoms with E-state index in [1.54, 1.807) is 0 Å². The summed E-state index contributed by atoms with van der Waals surface area (Å²) in [7, 11) is 0. The molecule has 5 rings (SSSR count). The number of aromatic carboxylic acids is 1. The van der Waals surface area contributed by atoms with Crippen LogP contribution in [-0.4, -0.2) is 45.0 Å². The van der Waals surface area contributed by atoms with Crippen molar-refractivity contribution in [1.82, 2.24) is 15.3 Å². The van der Waals surface area contributed by atoms with Crippen LogP contribution in [0.3, 0.4) is 0 Å². The molecular formula is C24H17N5O6. The molecule has 0 atom stereocenters. The lowest BCUT2D eigenvalue weighted by atomic mass is 9.98. The zero-order valence-electron chi connectivity index (χ0n) is 18.0. The van der Waals surface area contributed by atoms with Crippen molar-refractivity contribution < 1.29 is 28.9 Å². The molecule has 2 aromatic heterocycles. The number of fused-ring (bicyclic) bond motifs is 3. The van der Waals surface area contributed by atoms with Crippen molar-refractivity contribution in [3.05, 3.63) is 89.4 Å². The molecule has 0 radical (unpaired) electrons. The van der Waals surface area contributed by atoms with Gasteiger partial charge in [-0.3, -0.25) is 15.1 Å². The first-order valence-corrected chi connectivity index (χ1v) is 10.5. The molecule has 0 saturated carbocycles. The van der Waals surface area contributed by atoms with Gasteiger partial charge in [0.2, 0.25) is 11.5 Å². The molecule has 0 bridgehead atoms. The average Bonchev–Trinajstić information content (AvgIpc) is 3.45. The second kappa shape index (κ2) is 9.06. The van der Waals surface area contributed by atoms with E-state index in [1.807, 2.05) is 48.5 Å². The molecule has 4 aromatic rings. The van der Waals surface area contributed by atoms with E-state index >= 15 is 0 Å². The molecule has 11 nitrogen and oxygen atoms in total. The number of nitrogens with one attached hydrogen (secondary N) is 2. The topological polar surface area (TPSA) is 157 Å². The van der Waals surface area contributed by atoms with Gasteiger partial charge >= 0.3 is 12.1 Å². The summed E-state index contributed by atoms with van der Waals surface area (Å²) in [6.07, 6.45) is 1.56. The van der Waals surface area contributed by atoms with E-state index in [0.29, 0.717) is 0 Å². The van der Waals surface area contributed by atoms with Crippen molar-refractivity contribution in [2.75, 3.05) is 17.2 Å². The number of rotatable bonds is 6. The number of carboxylic acid groups (broad SMARTS) is 1. The van der Waals surface area contributed by atoms with E-state index in [-0.39, 0.29) is 35.3 Å². The Morgan fingerprint density at radius 2 is 1.63 bits per heavy atom. The van der Waals surface area contributed by atoms with Crippen molar-refractivity contribution in [3.63, 3.8) is 0 Å². The fourth-order valence-corrected chi connectivity index (χ4v) is 3.97. The largest absolute Gasteiger partial charge is 0.478 e. The highest BCUT2D eigenvalue weighted by molar-refractivity contribution is 6.07. The van der Waals surface area contributed by atoms with Gasteiger partial charge in [0.1, 0.15) is 6.61 Å². The van der Waals surface area contributed by atoms with Crippen LogP contribution in [0.4, 0.5) is 16.3 Å². The van der Waals surface area contributed by atoms with Crippen LogP contribution in [0.2, 0.25) is 0 Å². The molecule has 3 N–H and O–H groups in total. The Labute approximate surface area is 197 Å². The fourth-order valence-electron chi connectivity index (χ4n) is 3.97. The van der Waals surface area contributed by atoms with Crippen LogP contribution < -0.4 is 10.6 Å². The summed E-state index contributed by atoms with van der Waals surface area (Å²) < 4.78 is 10.0. The Morgan fingerprint density at radius 3 is 2.31 bits per heavy atom. The highest BCUT2D eigenvalue weighted by atomic mass is 16.6. The molecule has 11 heteroatoms. The third-order valence-corrected chi connectivity index (χ3v) is 5.51. The molecule has 0 aliphatic heterocycles. The van der Waals surface area contributed by atoms with E-state index in [9.17, 15) is 14.4 Å². The monoisotopic (exact) mass is 471 g/mol. The van der Waals surface area contributed by atoms with Gasteiger partial charge in [-0.1, -0.05) is 48.5 Å². The quantitative estimate of drug-likeness (QED) is 0.381. The lowest BCUT2D eigenvalue weighted by Gasteiger charge is -2.14. The summed E-state index contributed by atoms with van der Waals surface area (Å²) in [6, 6.07) is 17.1. The van der Waals surface area contributed by atoms with Crippen LogP contribution in [0.5, 0.6) is 0 Å². The van der Waals surface area contributed by atoms with Crippen LogP contribution in [0.15, 0.2) is 71.6 Å². The number of aromatic nitrogens is 3. The molecule has 2 amide bonds. The molecule has 0 fully saturated rings. The van der Waals surface area contributed by atoms with E-state index in [0.717, 1.165) is 28.5 Å². The zero-order valence-corrected chi connectivity index (χ0v) is 18.0. The second-order valence-electron chi connectivity index (χ2n) is 7.63. The zero-order chi connectivity index (χ0) is 24.4. The molecule has 1 aliphatic rings. The number of ether oxygens (including phenoxy) is 1. The van der Waals surface area contributed by atoms with E-state index in [1.165, 1.54) is 12.3 Å². The van der Waals surface area contributed by atoms with E-state index in [4.69, 9.17) is 9.84 Å². The van der Waals surface area contributed by atoms with Crippen LogP contribution >= 0.6 is 0 Å². The summed E-state index contributed by atoms with van der Waals surface area (Å²) in [5.41, 5.74) is 3.99. The van der Waals surface area contributed by atoms with Crippen LogP contribution in [-0.2, 0) is 4.74 Å². The summed E-state index contributed by atoms with van der Waals surface area (Å²) in [5.74, 6) is -2.37. The maximum atomic E-state index is 12.6. The number of carbonyl (C=O) groups is 3. The predicted molar refractivity (Wildman–Crippen MR) is 122 cm³/mol. The van der Waals surface area contributed by atoms with E-state index < -0.39 is 18.0 Å². The van der Waals surface area contributed by atoms with Crippen molar-refractivity contribution in [1.29, 1.82) is 0 Å². The summed E-state index contributed by atoms with van der Waals surface area (Å²) in [6.45, 7) is 0.0698. The number of carboxylic acids is 1. The highest BCUT2D eigenvalue weighted by Gasteiger charge is 2.29. The number of benzene rings is 2. The van der Waals surface area contributed by atoms with Gasteiger partial charge in [-0.05, 0) is 38.6 Å². The fraction of sp³-hybridized carbons (Fsp3) is 0.0833. The van der Waals surface area contributed by atoms with Crippen LogP contribution in [0.25, 0.3) is 11.1 Å². The first kappa shape index (κ1) is 21.8. The van der Waals surface area contributed by atoms with E-state index in [2.05, 4.69) is 30.6 Å². The SMILES string of the molecule is O=C(Nc1nonc1C(=O)Nc1cncc(C(=O)O)c1)OCC1c2ccccc2-c2ccccc21. The second-order valence-corrected chi connectivity index (χ2v) is 7.63. The standard InChI is InChI=1S/C24H17N5O6/c30-22(26-14-9-13(23(31)32)10-25-11-14)20-21(29-35-28-20)27-24(33)34-12-19-17-7-3-1-5-15(17)16-6-2-4-8-18(16)19/h1-11,19H,12H2,(H,26,30)(H,31,32)(H,27,29,33). The van der Waals surface area contributed by atoms with Gasteiger partial charge in [-0.2, -0.15) is 0 Å². The van der Waals surface area contributed by atoms with Crippen molar-refractivity contribution >= 4 is 29.5 Å². The third-order valence-electron chi connectivity index (χ3n) is 5.51. The summed E-state index contributed by atoms with van der Waals surface area (Å²) in [4.78, 5) is 39.9. The van der Waals surface area contributed by atoms with Gasteiger partial charge in [-0.15, -0.1) is 0 Å². The van der Waals surface area contributed by atoms with Crippen LogP contribution in [0.1, 0.15) is 37.9 Å². The van der Waals surface area contributed by atoms with Gasteiger partial charge in [-0.25, -0.2) is 14.2 Å². The maximum Gasteiger partial charge on any atom is 0.412 e. The molecule has 0 saturated heterocycles. The van der Waals surface area contributed by atoms with Gasteiger partial charge in [0.15, 0.2) is 0 Å². The molecule has 0 unspecified atom stereocenters. The average molecular weight is 471 g/mol. The summed E-state index contributed by atoms with van der Waals surface area (Å²) in [5, 5.41) is 20.9. The Bertz CT molecular complexity index is 1400. The first-order valence-electron chi connectivity index (χ1n) is 10.5. The smallest absolute Gasteiger partial charge is 0.412 e. The van der Waals surface area contributed by atoms with Crippen LogP contribution in [0, 0.1) is 0 Å². The van der Waals surface area contributed by atoms with Gasteiger partial charge < -0.3 is 15.2 Å². The first-order chi connectivity index (χ1) is 17.0. The Kier molecular flexibility index (Phi) is 5.63. The highest BCUT2D eigenvalue weighted by Crippen LogP contribution is 2.44. The lowest BCUT2D eigenvalue weighted by molar-refractivity contribution is 0.0696. The molecule has 2 heterocycles. The number of nitrogens with zero attached hydrogens (tertiary/aromatic N) is 3.